The zero-order chi connectivity index (χ0) is 16.3. The van der Waals surface area contributed by atoms with Crippen LogP contribution < -0.4 is 18.9 Å². The molecule has 0 aliphatic heterocycles. The van der Waals surface area contributed by atoms with E-state index in [-0.39, 0.29) is 11.5 Å². The summed E-state index contributed by atoms with van der Waals surface area (Å²) in [6.07, 6.45) is 0. The zero-order valence-corrected chi connectivity index (χ0v) is 13.5. The summed E-state index contributed by atoms with van der Waals surface area (Å²) >= 11 is 6.11. The van der Waals surface area contributed by atoms with E-state index in [1.807, 2.05) is 0 Å². The standard InChI is InChI=1S/C16H17ClO5/c1-19-11-5-6-12(20-2)16(22-4)14(11)10-7-9(17)8-13(21-3)15(10)18/h5-8,18H,1-4H3. The molecule has 0 bridgehead atoms. The Bertz CT molecular complexity index is 685. The average molecular weight is 325 g/mol. The third-order valence-corrected chi connectivity index (χ3v) is 3.47. The molecule has 0 spiro atoms. The lowest BCUT2D eigenvalue weighted by Crippen LogP contribution is -1.97. The van der Waals surface area contributed by atoms with Crippen molar-refractivity contribution in [2.45, 2.75) is 0 Å². The fourth-order valence-corrected chi connectivity index (χ4v) is 2.46. The van der Waals surface area contributed by atoms with Crippen molar-refractivity contribution in [3.63, 3.8) is 0 Å². The lowest BCUT2D eigenvalue weighted by Gasteiger charge is -2.18. The molecular weight excluding hydrogens is 308 g/mol. The molecule has 0 heterocycles. The van der Waals surface area contributed by atoms with Gasteiger partial charge in [-0.05, 0) is 18.2 Å². The van der Waals surface area contributed by atoms with Gasteiger partial charge in [-0.3, -0.25) is 0 Å². The van der Waals surface area contributed by atoms with Crippen LogP contribution in [0.5, 0.6) is 28.7 Å². The Hall–Kier alpha value is -2.27. The van der Waals surface area contributed by atoms with Gasteiger partial charge in [0.15, 0.2) is 23.0 Å². The smallest absolute Gasteiger partial charge is 0.172 e. The lowest BCUT2D eigenvalue weighted by atomic mass is 10.0. The molecule has 2 aromatic carbocycles. The Labute approximate surface area is 133 Å². The number of benzene rings is 2. The number of hydrogen-bond acceptors (Lipinski definition) is 5. The van der Waals surface area contributed by atoms with Crippen LogP contribution in [0.3, 0.4) is 0 Å². The summed E-state index contributed by atoms with van der Waals surface area (Å²) in [5, 5.41) is 10.8. The molecule has 0 saturated heterocycles. The van der Waals surface area contributed by atoms with E-state index in [1.54, 1.807) is 18.2 Å². The summed E-state index contributed by atoms with van der Waals surface area (Å²) in [7, 11) is 6.03. The van der Waals surface area contributed by atoms with Gasteiger partial charge < -0.3 is 24.1 Å². The molecule has 0 unspecified atom stereocenters. The number of rotatable bonds is 5. The SMILES string of the molecule is COc1cc(Cl)cc(-c2c(OC)ccc(OC)c2OC)c1O. The first-order valence-corrected chi connectivity index (χ1v) is 6.81. The van der Waals surface area contributed by atoms with Crippen molar-refractivity contribution in [3.05, 3.63) is 29.3 Å². The largest absolute Gasteiger partial charge is 0.504 e. The highest BCUT2D eigenvalue weighted by Crippen LogP contribution is 2.50. The molecule has 1 N–H and O–H groups in total. The van der Waals surface area contributed by atoms with Gasteiger partial charge in [-0.25, -0.2) is 0 Å². The number of methoxy groups -OCH3 is 4. The molecule has 6 heteroatoms. The van der Waals surface area contributed by atoms with Gasteiger partial charge in [-0.1, -0.05) is 11.6 Å². The summed E-state index contributed by atoms with van der Waals surface area (Å²) in [6, 6.07) is 6.59. The van der Waals surface area contributed by atoms with Crippen LogP contribution in [0.25, 0.3) is 11.1 Å². The second-order valence-electron chi connectivity index (χ2n) is 4.38. The maximum atomic E-state index is 10.4. The molecule has 2 rings (SSSR count). The van der Waals surface area contributed by atoms with Crippen LogP contribution in [0.15, 0.2) is 24.3 Å². The Balaban J connectivity index is 2.84. The van der Waals surface area contributed by atoms with Crippen LogP contribution in [-0.2, 0) is 0 Å². The average Bonchev–Trinajstić information content (AvgIpc) is 2.54. The van der Waals surface area contributed by atoms with E-state index in [9.17, 15) is 5.11 Å². The molecule has 5 nitrogen and oxygen atoms in total. The van der Waals surface area contributed by atoms with E-state index < -0.39 is 0 Å². The normalized spacial score (nSPS) is 10.2. The summed E-state index contributed by atoms with van der Waals surface area (Å²) in [6.45, 7) is 0. The van der Waals surface area contributed by atoms with Crippen LogP contribution >= 0.6 is 11.6 Å². The predicted octanol–water partition coefficient (Wildman–Crippen LogP) is 3.75. The summed E-state index contributed by atoms with van der Waals surface area (Å²) in [5.41, 5.74) is 0.958. The van der Waals surface area contributed by atoms with Gasteiger partial charge in [0.2, 0.25) is 0 Å². The van der Waals surface area contributed by atoms with Crippen LogP contribution in [0, 0.1) is 0 Å². The molecular formula is C16H17ClO5. The van der Waals surface area contributed by atoms with E-state index >= 15 is 0 Å². The van der Waals surface area contributed by atoms with Crippen molar-refractivity contribution in [2.75, 3.05) is 28.4 Å². The highest BCUT2D eigenvalue weighted by molar-refractivity contribution is 6.31. The first-order valence-electron chi connectivity index (χ1n) is 6.43. The van der Waals surface area contributed by atoms with E-state index in [2.05, 4.69) is 0 Å². The maximum Gasteiger partial charge on any atom is 0.172 e. The van der Waals surface area contributed by atoms with Gasteiger partial charge in [0, 0.05) is 16.7 Å². The van der Waals surface area contributed by atoms with E-state index in [0.29, 0.717) is 33.4 Å². The first-order chi connectivity index (χ1) is 10.6. The molecule has 0 aliphatic rings. The van der Waals surface area contributed by atoms with Crippen LogP contribution in [0.2, 0.25) is 5.02 Å². The van der Waals surface area contributed by atoms with Gasteiger partial charge in [0.1, 0.15) is 5.75 Å². The third kappa shape index (κ3) is 2.72. The number of halogens is 1. The van der Waals surface area contributed by atoms with Crippen LogP contribution in [0.1, 0.15) is 0 Å². The number of hydrogen-bond donors (Lipinski definition) is 1. The summed E-state index contributed by atoms with van der Waals surface area (Å²) in [5.74, 6) is 1.65. The summed E-state index contributed by atoms with van der Waals surface area (Å²) in [4.78, 5) is 0. The molecule has 0 radical (unpaired) electrons. The van der Waals surface area contributed by atoms with Crippen LogP contribution in [-0.4, -0.2) is 33.5 Å². The maximum absolute atomic E-state index is 10.4. The minimum atomic E-state index is -0.0586. The van der Waals surface area contributed by atoms with Crippen molar-refractivity contribution in [1.82, 2.24) is 0 Å². The minimum absolute atomic E-state index is 0.0586. The van der Waals surface area contributed by atoms with Crippen molar-refractivity contribution < 1.29 is 24.1 Å². The van der Waals surface area contributed by atoms with Gasteiger partial charge in [-0.15, -0.1) is 0 Å². The third-order valence-electron chi connectivity index (χ3n) is 3.26. The van der Waals surface area contributed by atoms with Gasteiger partial charge >= 0.3 is 0 Å². The predicted molar refractivity (Wildman–Crippen MR) is 84.8 cm³/mol. The quantitative estimate of drug-likeness (QED) is 0.907. The fourth-order valence-electron chi connectivity index (χ4n) is 2.25. The Morgan fingerprint density at radius 3 is 1.95 bits per heavy atom. The number of phenolic OH excluding ortho intramolecular Hbond substituents is 1. The zero-order valence-electron chi connectivity index (χ0n) is 12.8. The molecule has 0 aliphatic carbocycles. The molecule has 22 heavy (non-hydrogen) atoms. The van der Waals surface area contributed by atoms with Crippen molar-refractivity contribution in [1.29, 1.82) is 0 Å². The fraction of sp³-hybridized carbons (Fsp3) is 0.250. The van der Waals surface area contributed by atoms with E-state index in [1.165, 1.54) is 34.5 Å². The molecule has 2 aromatic rings. The molecule has 0 saturated carbocycles. The summed E-state index contributed by atoms with van der Waals surface area (Å²) < 4.78 is 21.3. The highest BCUT2D eigenvalue weighted by atomic mass is 35.5. The molecule has 118 valence electrons. The number of ether oxygens (including phenoxy) is 4. The van der Waals surface area contributed by atoms with Crippen molar-refractivity contribution in [3.8, 4) is 39.9 Å². The Kier molecular flexibility index (Phi) is 4.88. The van der Waals surface area contributed by atoms with Crippen molar-refractivity contribution in [2.24, 2.45) is 0 Å². The topological polar surface area (TPSA) is 57.2 Å². The van der Waals surface area contributed by atoms with E-state index in [4.69, 9.17) is 30.5 Å². The van der Waals surface area contributed by atoms with Gasteiger partial charge in [0.05, 0.1) is 34.0 Å². The van der Waals surface area contributed by atoms with Gasteiger partial charge in [0.25, 0.3) is 0 Å². The molecule has 0 amide bonds. The molecule has 0 atom stereocenters. The Morgan fingerprint density at radius 2 is 1.41 bits per heavy atom. The minimum Gasteiger partial charge on any atom is -0.504 e. The van der Waals surface area contributed by atoms with Gasteiger partial charge in [-0.2, -0.15) is 0 Å². The number of phenols is 1. The monoisotopic (exact) mass is 324 g/mol. The first kappa shape index (κ1) is 16.1. The van der Waals surface area contributed by atoms with E-state index in [0.717, 1.165) is 0 Å². The van der Waals surface area contributed by atoms with Crippen molar-refractivity contribution >= 4 is 11.6 Å². The highest BCUT2D eigenvalue weighted by Gasteiger charge is 2.22. The Morgan fingerprint density at radius 1 is 0.818 bits per heavy atom. The van der Waals surface area contributed by atoms with Crippen LogP contribution in [0.4, 0.5) is 0 Å². The second kappa shape index (κ2) is 6.66. The number of aromatic hydroxyl groups is 1. The molecule has 0 fully saturated rings. The lowest BCUT2D eigenvalue weighted by molar-refractivity contribution is 0.350. The second-order valence-corrected chi connectivity index (χ2v) is 4.82. The molecule has 0 aromatic heterocycles.